The predicted octanol–water partition coefficient (Wildman–Crippen LogP) is 3.81. The van der Waals surface area contributed by atoms with Gasteiger partial charge in [0.2, 0.25) is 5.91 Å². The summed E-state index contributed by atoms with van der Waals surface area (Å²) in [6.07, 6.45) is 0.969. The van der Waals surface area contributed by atoms with Gasteiger partial charge in [-0.3, -0.25) is 4.79 Å². The highest BCUT2D eigenvalue weighted by atomic mass is 32.1. The third kappa shape index (κ3) is 3.86. The molecule has 146 valence electrons. The molecule has 6 nitrogen and oxygen atoms in total. The van der Waals surface area contributed by atoms with Crippen LogP contribution in [-0.4, -0.2) is 40.6 Å². The summed E-state index contributed by atoms with van der Waals surface area (Å²) in [5.41, 5.74) is 3.44. The van der Waals surface area contributed by atoms with Crippen molar-refractivity contribution < 1.29 is 14.1 Å². The Kier molecular flexibility index (Phi) is 5.54. The number of aryl methyl sites for hydroxylation is 2. The molecule has 0 N–H and O–H groups in total. The molecule has 4 heterocycles. The van der Waals surface area contributed by atoms with Crippen molar-refractivity contribution in [2.45, 2.75) is 32.8 Å². The van der Waals surface area contributed by atoms with Crippen LogP contribution in [0.4, 0.5) is 0 Å². The van der Waals surface area contributed by atoms with Crippen LogP contribution in [0, 0.1) is 6.92 Å². The Morgan fingerprint density at radius 2 is 2.21 bits per heavy atom. The third-order valence-electron chi connectivity index (χ3n) is 4.94. The standard InChI is InChI=1S/C21H23N3O3S/c1-3-18-21(14(2)23-27-18)17-8-4-7-16(22-17)19-13-24(9-10-26-19)20(25)12-15-6-5-11-28-15/h4-8,11,19H,3,9-10,12-13H2,1-2H3/t19-/m1/s1. The molecule has 3 aromatic rings. The molecule has 0 aromatic carbocycles. The first kappa shape index (κ1) is 18.8. The number of ether oxygens (including phenoxy) is 1. The van der Waals surface area contributed by atoms with E-state index in [0.29, 0.717) is 26.1 Å². The summed E-state index contributed by atoms with van der Waals surface area (Å²) < 4.78 is 11.4. The number of amides is 1. The van der Waals surface area contributed by atoms with Gasteiger partial charge in [0.05, 0.1) is 42.2 Å². The maximum absolute atomic E-state index is 12.7. The Balaban J connectivity index is 1.52. The van der Waals surface area contributed by atoms with Crippen LogP contribution in [0.25, 0.3) is 11.3 Å². The Labute approximate surface area is 168 Å². The number of aromatic nitrogens is 2. The van der Waals surface area contributed by atoms with Crippen LogP contribution in [0.1, 0.15) is 35.1 Å². The van der Waals surface area contributed by atoms with E-state index in [1.807, 2.05) is 54.5 Å². The van der Waals surface area contributed by atoms with E-state index >= 15 is 0 Å². The monoisotopic (exact) mass is 397 g/mol. The first-order chi connectivity index (χ1) is 13.7. The number of rotatable bonds is 5. The first-order valence-electron chi connectivity index (χ1n) is 9.50. The van der Waals surface area contributed by atoms with Crippen molar-refractivity contribution in [1.29, 1.82) is 0 Å². The number of hydrogen-bond acceptors (Lipinski definition) is 6. The maximum Gasteiger partial charge on any atom is 0.228 e. The Morgan fingerprint density at radius 3 is 3.00 bits per heavy atom. The summed E-state index contributed by atoms with van der Waals surface area (Å²) in [6.45, 7) is 5.61. The molecule has 0 bridgehead atoms. The van der Waals surface area contributed by atoms with Crippen molar-refractivity contribution in [3.63, 3.8) is 0 Å². The molecule has 0 spiro atoms. The van der Waals surface area contributed by atoms with Crippen molar-refractivity contribution in [3.05, 3.63) is 57.7 Å². The van der Waals surface area contributed by atoms with Crippen molar-refractivity contribution >= 4 is 17.2 Å². The molecule has 4 rings (SSSR count). The van der Waals surface area contributed by atoms with Gasteiger partial charge in [0.25, 0.3) is 0 Å². The molecule has 1 fully saturated rings. The van der Waals surface area contributed by atoms with Crippen LogP contribution in [-0.2, 0) is 22.4 Å². The molecular formula is C21H23N3O3S. The average molecular weight is 398 g/mol. The zero-order valence-corrected chi connectivity index (χ0v) is 16.9. The molecule has 3 aromatic heterocycles. The summed E-state index contributed by atoms with van der Waals surface area (Å²) in [6, 6.07) is 9.86. The molecular weight excluding hydrogens is 374 g/mol. The molecule has 0 unspecified atom stereocenters. The van der Waals surface area contributed by atoms with Crippen LogP contribution < -0.4 is 0 Å². The Morgan fingerprint density at radius 1 is 1.32 bits per heavy atom. The second kappa shape index (κ2) is 8.24. The SMILES string of the molecule is CCc1onc(C)c1-c1cccc([C@H]2CN(C(=O)Cc3cccs3)CCO2)n1. The summed E-state index contributed by atoms with van der Waals surface area (Å²) in [5.74, 6) is 0.967. The van der Waals surface area contributed by atoms with Gasteiger partial charge in [0, 0.05) is 17.8 Å². The van der Waals surface area contributed by atoms with E-state index in [2.05, 4.69) is 5.16 Å². The molecule has 28 heavy (non-hydrogen) atoms. The second-order valence-corrected chi connectivity index (χ2v) is 7.85. The van der Waals surface area contributed by atoms with E-state index in [1.165, 1.54) is 0 Å². The smallest absolute Gasteiger partial charge is 0.228 e. The first-order valence-corrected chi connectivity index (χ1v) is 10.4. The number of nitrogens with zero attached hydrogens (tertiary/aromatic N) is 3. The molecule has 1 amide bonds. The van der Waals surface area contributed by atoms with E-state index in [9.17, 15) is 4.79 Å². The fraction of sp³-hybridized carbons (Fsp3) is 0.381. The summed E-state index contributed by atoms with van der Waals surface area (Å²) >= 11 is 1.61. The Bertz CT molecular complexity index is 952. The van der Waals surface area contributed by atoms with E-state index in [-0.39, 0.29) is 12.0 Å². The lowest BCUT2D eigenvalue weighted by molar-refractivity contribution is -0.138. The van der Waals surface area contributed by atoms with E-state index in [4.69, 9.17) is 14.2 Å². The number of carbonyl (C=O) groups excluding carboxylic acids is 1. The molecule has 0 saturated carbocycles. The van der Waals surface area contributed by atoms with Gasteiger partial charge in [-0.2, -0.15) is 0 Å². The number of carbonyl (C=O) groups is 1. The van der Waals surface area contributed by atoms with Gasteiger partial charge in [0.1, 0.15) is 11.9 Å². The number of morpholine rings is 1. The molecule has 0 aliphatic carbocycles. The minimum atomic E-state index is -0.230. The summed E-state index contributed by atoms with van der Waals surface area (Å²) in [4.78, 5) is 20.4. The van der Waals surface area contributed by atoms with Crippen molar-refractivity contribution in [3.8, 4) is 11.3 Å². The second-order valence-electron chi connectivity index (χ2n) is 6.82. The highest BCUT2D eigenvalue weighted by Crippen LogP contribution is 2.29. The van der Waals surface area contributed by atoms with E-state index in [1.54, 1.807) is 11.3 Å². The van der Waals surface area contributed by atoms with E-state index < -0.39 is 0 Å². The Hall–Kier alpha value is -2.51. The quantitative estimate of drug-likeness (QED) is 0.655. The fourth-order valence-electron chi connectivity index (χ4n) is 3.48. The molecule has 0 radical (unpaired) electrons. The van der Waals surface area contributed by atoms with Gasteiger partial charge in [-0.05, 0) is 30.5 Å². The van der Waals surface area contributed by atoms with Crippen molar-refractivity contribution in [2.24, 2.45) is 0 Å². The third-order valence-corrected chi connectivity index (χ3v) is 5.81. The van der Waals surface area contributed by atoms with Crippen molar-refractivity contribution in [2.75, 3.05) is 19.7 Å². The lowest BCUT2D eigenvalue weighted by Gasteiger charge is -2.32. The van der Waals surface area contributed by atoms with Crippen LogP contribution in [0.2, 0.25) is 0 Å². The number of thiophene rings is 1. The average Bonchev–Trinajstić information content (AvgIpc) is 3.37. The highest BCUT2D eigenvalue weighted by Gasteiger charge is 2.27. The maximum atomic E-state index is 12.7. The molecule has 1 saturated heterocycles. The van der Waals surface area contributed by atoms with Gasteiger partial charge in [0.15, 0.2) is 0 Å². The number of hydrogen-bond donors (Lipinski definition) is 0. The zero-order chi connectivity index (χ0) is 19.5. The predicted molar refractivity (Wildman–Crippen MR) is 107 cm³/mol. The minimum absolute atomic E-state index is 0.134. The van der Waals surface area contributed by atoms with Crippen LogP contribution >= 0.6 is 11.3 Å². The minimum Gasteiger partial charge on any atom is -0.368 e. The molecule has 1 atom stereocenters. The molecule has 1 aliphatic rings. The van der Waals surface area contributed by atoms with Crippen LogP contribution in [0.15, 0.2) is 40.2 Å². The largest absolute Gasteiger partial charge is 0.368 e. The number of pyridine rings is 1. The van der Waals surface area contributed by atoms with Gasteiger partial charge < -0.3 is 14.2 Å². The molecule has 7 heteroatoms. The van der Waals surface area contributed by atoms with Gasteiger partial charge in [-0.15, -0.1) is 11.3 Å². The molecule has 1 aliphatic heterocycles. The van der Waals surface area contributed by atoms with E-state index in [0.717, 1.165) is 39.7 Å². The highest BCUT2D eigenvalue weighted by molar-refractivity contribution is 7.10. The van der Waals surface area contributed by atoms with Gasteiger partial charge >= 0.3 is 0 Å². The lowest BCUT2D eigenvalue weighted by Crippen LogP contribution is -2.43. The van der Waals surface area contributed by atoms with Gasteiger partial charge in [-0.1, -0.05) is 24.2 Å². The topological polar surface area (TPSA) is 68.5 Å². The van der Waals surface area contributed by atoms with Crippen molar-refractivity contribution in [1.82, 2.24) is 15.0 Å². The zero-order valence-electron chi connectivity index (χ0n) is 16.1. The lowest BCUT2D eigenvalue weighted by atomic mass is 10.1. The summed E-state index contributed by atoms with van der Waals surface area (Å²) in [5, 5.41) is 6.08. The van der Waals surface area contributed by atoms with Gasteiger partial charge in [-0.25, -0.2) is 4.98 Å². The normalized spacial score (nSPS) is 17.1. The van der Waals surface area contributed by atoms with Crippen LogP contribution in [0.5, 0.6) is 0 Å². The van der Waals surface area contributed by atoms with Crippen LogP contribution in [0.3, 0.4) is 0 Å². The fourth-order valence-corrected chi connectivity index (χ4v) is 4.18. The summed E-state index contributed by atoms with van der Waals surface area (Å²) in [7, 11) is 0.